The maximum atomic E-state index is 13.5. The number of halogens is 6. The van der Waals surface area contributed by atoms with E-state index in [0.29, 0.717) is 9.37 Å². The zero-order valence-corrected chi connectivity index (χ0v) is 12.6. The Balaban J connectivity index is 3.02. The highest BCUT2D eigenvalue weighted by Crippen LogP contribution is 2.21. The topological polar surface area (TPSA) is 20.3 Å². The number of alkyl halides is 4. The number of hydrogen-bond acceptors (Lipinski definition) is 1. The van der Waals surface area contributed by atoms with Crippen LogP contribution in [0.5, 0.6) is 0 Å². The second-order valence-electron chi connectivity index (χ2n) is 3.66. The van der Waals surface area contributed by atoms with Gasteiger partial charge in [-0.2, -0.15) is 13.2 Å². The van der Waals surface area contributed by atoms with E-state index in [-0.39, 0.29) is 17.4 Å². The van der Waals surface area contributed by atoms with Crippen LogP contribution in [-0.2, 0) is 0 Å². The van der Waals surface area contributed by atoms with Crippen LogP contribution < -0.4 is 0 Å². The average molecular weight is 407 g/mol. The van der Waals surface area contributed by atoms with Crippen LogP contribution in [0.2, 0.25) is 0 Å². The number of benzene rings is 1. The first-order valence-electron chi connectivity index (χ1n) is 5.11. The van der Waals surface area contributed by atoms with Crippen molar-refractivity contribution in [2.24, 2.45) is 0 Å². The molecule has 1 aromatic rings. The van der Waals surface area contributed by atoms with E-state index in [1.807, 2.05) is 0 Å². The molecule has 0 bridgehead atoms. The Hall–Kier alpha value is -0.630. The van der Waals surface area contributed by atoms with Gasteiger partial charge in [0.05, 0.1) is 5.56 Å². The van der Waals surface area contributed by atoms with Gasteiger partial charge in [0.25, 0.3) is 5.91 Å². The summed E-state index contributed by atoms with van der Waals surface area (Å²) < 4.78 is 51.0. The van der Waals surface area contributed by atoms with Crippen molar-refractivity contribution in [1.82, 2.24) is 4.90 Å². The Morgan fingerprint density at radius 2 is 1.95 bits per heavy atom. The maximum absolute atomic E-state index is 13.5. The predicted molar refractivity (Wildman–Crippen MR) is 69.9 cm³/mol. The second kappa shape index (κ2) is 6.69. The minimum absolute atomic E-state index is 0.162. The molecule has 0 aliphatic carbocycles. The fourth-order valence-electron chi connectivity index (χ4n) is 1.40. The van der Waals surface area contributed by atoms with E-state index < -0.39 is 24.4 Å². The van der Waals surface area contributed by atoms with Crippen molar-refractivity contribution in [3.63, 3.8) is 0 Å². The number of carbonyl (C=O) groups is 1. The van der Waals surface area contributed by atoms with Crippen molar-refractivity contribution < 1.29 is 22.4 Å². The smallest absolute Gasteiger partial charge is 0.329 e. The predicted octanol–water partition coefficient (Wildman–Crippen LogP) is 3.99. The van der Waals surface area contributed by atoms with Crippen molar-refractivity contribution in [3.8, 4) is 0 Å². The molecule has 1 amide bonds. The summed E-state index contributed by atoms with van der Waals surface area (Å²) in [5.74, 6) is -1.84. The standard InChI is InChI=1S/C11H9Br2F4NO/c12-3-4-18(6-11(15,16)17)10(19)8-5-7(13)1-2-9(8)14/h1-2,5H,3-4,6H2. The average Bonchev–Trinajstić information content (AvgIpc) is 2.29. The largest absolute Gasteiger partial charge is 0.406 e. The number of amides is 1. The van der Waals surface area contributed by atoms with E-state index in [4.69, 9.17) is 0 Å². The van der Waals surface area contributed by atoms with Crippen LogP contribution in [-0.4, -0.2) is 35.4 Å². The van der Waals surface area contributed by atoms with Crippen LogP contribution in [0.4, 0.5) is 17.6 Å². The quantitative estimate of drug-likeness (QED) is 0.547. The fourth-order valence-corrected chi connectivity index (χ4v) is 2.19. The van der Waals surface area contributed by atoms with E-state index in [1.165, 1.54) is 6.07 Å². The Morgan fingerprint density at radius 3 is 2.47 bits per heavy atom. The van der Waals surface area contributed by atoms with E-state index in [1.54, 1.807) is 0 Å². The van der Waals surface area contributed by atoms with Gasteiger partial charge in [0.2, 0.25) is 0 Å². The SMILES string of the molecule is O=C(c1cc(Br)ccc1F)N(CCBr)CC(F)(F)F. The molecule has 19 heavy (non-hydrogen) atoms. The zero-order valence-electron chi connectivity index (χ0n) is 9.48. The van der Waals surface area contributed by atoms with Crippen LogP contribution >= 0.6 is 31.9 Å². The number of hydrogen-bond donors (Lipinski definition) is 0. The van der Waals surface area contributed by atoms with Crippen LogP contribution in [0.15, 0.2) is 22.7 Å². The number of nitrogens with zero attached hydrogens (tertiary/aromatic N) is 1. The molecular formula is C11H9Br2F4NO. The molecule has 0 spiro atoms. The van der Waals surface area contributed by atoms with Gasteiger partial charge in [-0.1, -0.05) is 31.9 Å². The van der Waals surface area contributed by atoms with E-state index in [2.05, 4.69) is 31.9 Å². The van der Waals surface area contributed by atoms with Gasteiger partial charge in [0.15, 0.2) is 0 Å². The minimum Gasteiger partial charge on any atom is -0.329 e. The first-order chi connectivity index (χ1) is 8.74. The van der Waals surface area contributed by atoms with Gasteiger partial charge >= 0.3 is 6.18 Å². The normalized spacial score (nSPS) is 11.5. The van der Waals surface area contributed by atoms with Crippen LogP contribution in [0.25, 0.3) is 0 Å². The number of carbonyl (C=O) groups excluding carboxylic acids is 1. The highest BCUT2D eigenvalue weighted by atomic mass is 79.9. The van der Waals surface area contributed by atoms with Crippen molar-refractivity contribution in [2.75, 3.05) is 18.4 Å². The Kier molecular flexibility index (Phi) is 5.79. The molecule has 0 saturated carbocycles. The number of rotatable bonds is 4. The minimum atomic E-state index is -4.53. The first-order valence-corrected chi connectivity index (χ1v) is 7.03. The summed E-state index contributed by atoms with van der Waals surface area (Å²) in [5.41, 5.74) is -0.389. The van der Waals surface area contributed by atoms with E-state index in [9.17, 15) is 22.4 Å². The van der Waals surface area contributed by atoms with Crippen molar-refractivity contribution >= 4 is 37.8 Å². The van der Waals surface area contributed by atoms with Crippen LogP contribution in [0.3, 0.4) is 0 Å². The molecular weight excluding hydrogens is 398 g/mol. The Labute approximate surface area is 124 Å². The zero-order chi connectivity index (χ0) is 14.6. The highest BCUT2D eigenvalue weighted by Gasteiger charge is 2.33. The molecule has 0 heterocycles. The van der Waals surface area contributed by atoms with Crippen molar-refractivity contribution in [3.05, 3.63) is 34.1 Å². The lowest BCUT2D eigenvalue weighted by Gasteiger charge is -2.23. The summed E-state index contributed by atoms with van der Waals surface area (Å²) in [6.07, 6.45) is -4.53. The third-order valence-corrected chi connectivity index (χ3v) is 3.02. The molecule has 1 aromatic carbocycles. The first kappa shape index (κ1) is 16.4. The molecule has 0 saturated heterocycles. The lowest BCUT2D eigenvalue weighted by atomic mass is 10.2. The molecule has 0 atom stereocenters. The van der Waals surface area contributed by atoms with Crippen LogP contribution in [0, 0.1) is 5.82 Å². The van der Waals surface area contributed by atoms with Gasteiger partial charge in [-0.3, -0.25) is 4.79 Å². The van der Waals surface area contributed by atoms with Crippen molar-refractivity contribution in [1.29, 1.82) is 0 Å². The van der Waals surface area contributed by atoms with Gasteiger partial charge in [-0.05, 0) is 18.2 Å². The summed E-state index contributed by atoms with van der Waals surface area (Å²) >= 11 is 6.01. The summed E-state index contributed by atoms with van der Waals surface area (Å²) in [4.78, 5) is 12.5. The van der Waals surface area contributed by atoms with Crippen molar-refractivity contribution in [2.45, 2.75) is 6.18 Å². The van der Waals surface area contributed by atoms with Gasteiger partial charge in [-0.15, -0.1) is 0 Å². The molecule has 1 rings (SSSR count). The molecule has 0 unspecified atom stereocenters. The molecule has 0 N–H and O–H groups in total. The Morgan fingerprint density at radius 1 is 1.32 bits per heavy atom. The third kappa shape index (κ3) is 5.10. The molecule has 106 valence electrons. The summed E-state index contributed by atoms with van der Waals surface area (Å²) in [5, 5.41) is 0.171. The molecule has 0 fully saturated rings. The fraction of sp³-hybridized carbons (Fsp3) is 0.364. The van der Waals surface area contributed by atoms with E-state index in [0.717, 1.165) is 12.1 Å². The Bertz CT molecular complexity index is 464. The summed E-state index contributed by atoms with van der Waals surface area (Å²) in [6.45, 7) is -1.58. The van der Waals surface area contributed by atoms with Gasteiger partial charge in [0, 0.05) is 16.3 Å². The monoisotopic (exact) mass is 405 g/mol. The summed E-state index contributed by atoms with van der Waals surface area (Å²) in [7, 11) is 0. The molecule has 0 radical (unpaired) electrons. The van der Waals surface area contributed by atoms with Gasteiger partial charge < -0.3 is 4.90 Å². The molecule has 0 aromatic heterocycles. The lowest BCUT2D eigenvalue weighted by molar-refractivity contribution is -0.140. The molecule has 0 aliphatic heterocycles. The maximum Gasteiger partial charge on any atom is 0.406 e. The second-order valence-corrected chi connectivity index (χ2v) is 5.36. The molecule has 8 heteroatoms. The van der Waals surface area contributed by atoms with E-state index >= 15 is 0 Å². The van der Waals surface area contributed by atoms with Gasteiger partial charge in [0.1, 0.15) is 12.4 Å². The third-order valence-electron chi connectivity index (χ3n) is 2.17. The van der Waals surface area contributed by atoms with Gasteiger partial charge in [-0.25, -0.2) is 4.39 Å². The highest BCUT2D eigenvalue weighted by molar-refractivity contribution is 9.10. The molecule has 2 nitrogen and oxygen atoms in total. The summed E-state index contributed by atoms with van der Waals surface area (Å²) in [6, 6.07) is 3.55. The van der Waals surface area contributed by atoms with Crippen LogP contribution in [0.1, 0.15) is 10.4 Å². The molecule has 0 aliphatic rings. The lowest BCUT2D eigenvalue weighted by Crippen LogP contribution is -2.40.